The van der Waals surface area contributed by atoms with Crippen molar-refractivity contribution in [3.63, 3.8) is 0 Å². The molecule has 1 N–H and O–H groups in total. The van der Waals surface area contributed by atoms with Gasteiger partial charge in [0.2, 0.25) is 0 Å². The SMILES string of the molecule is O=C(Nc1nc2ccc(CN3CCOCC3)cc2s1)c1ccccn1. The molecule has 0 radical (unpaired) electrons. The molecule has 1 saturated heterocycles. The van der Waals surface area contributed by atoms with Crippen molar-refractivity contribution in [1.82, 2.24) is 14.9 Å². The Bertz CT molecular complexity index is 875. The van der Waals surface area contributed by atoms with Gasteiger partial charge in [0, 0.05) is 25.8 Å². The summed E-state index contributed by atoms with van der Waals surface area (Å²) in [5, 5.41) is 3.42. The van der Waals surface area contributed by atoms with Crippen LogP contribution in [0.4, 0.5) is 5.13 Å². The lowest BCUT2D eigenvalue weighted by Gasteiger charge is -2.26. The number of anilines is 1. The van der Waals surface area contributed by atoms with Gasteiger partial charge in [-0.15, -0.1) is 0 Å². The number of rotatable bonds is 4. The molecule has 7 heteroatoms. The minimum Gasteiger partial charge on any atom is -0.379 e. The molecule has 0 saturated carbocycles. The third-order valence-electron chi connectivity index (χ3n) is 4.08. The van der Waals surface area contributed by atoms with E-state index in [4.69, 9.17) is 4.74 Å². The Kier molecular flexibility index (Phi) is 4.69. The number of pyridine rings is 1. The maximum atomic E-state index is 12.2. The van der Waals surface area contributed by atoms with E-state index >= 15 is 0 Å². The van der Waals surface area contributed by atoms with Crippen LogP contribution >= 0.6 is 11.3 Å². The first-order valence-electron chi connectivity index (χ1n) is 8.20. The molecule has 0 bridgehead atoms. The summed E-state index contributed by atoms with van der Waals surface area (Å²) >= 11 is 1.48. The summed E-state index contributed by atoms with van der Waals surface area (Å²) in [6.07, 6.45) is 1.60. The summed E-state index contributed by atoms with van der Waals surface area (Å²) in [6.45, 7) is 4.43. The molecule has 2 aromatic heterocycles. The lowest BCUT2D eigenvalue weighted by atomic mass is 10.2. The van der Waals surface area contributed by atoms with Crippen molar-refractivity contribution >= 4 is 32.6 Å². The number of morpholine rings is 1. The van der Waals surface area contributed by atoms with Gasteiger partial charge in [-0.25, -0.2) is 4.98 Å². The Balaban J connectivity index is 1.49. The number of carbonyl (C=O) groups is 1. The van der Waals surface area contributed by atoms with E-state index < -0.39 is 0 Å². The van der Waals surface area contributed by atoms with Crippen LogP contribution in [0.1, 0.15) is 16.1 Å². The summed E-state index contributed by atoms with van der Waals surface area (Å²) in [5.74, 6) is -0.242. The number of amides is 1. The molecule has 3 heterocycles. The molecule has 4 rings (SSSR count). The lowest BCUT2D eigenvalue weighted by molar-refractivity contribution is 0.0342. The minimum absolute atomic E-state index is 0.242. The van der Waals surface area contributed by atoms with E-state index in [1.807, 2.05) is 6.07 Å². The van der Waals surface area contributed by atoms with Gasteiger partial charge >= 0.3 is 0 Å². The number of nitrogens with zero attached hydrogens (tertiary/aromatic N) is 3. The molecule has 1 aromatic carbocycles. The van der Waals surface area contributed by atoms with Crippen molar-refractivity contribution in [3.05, 3.63) is 53.9 Å². The van der Waals surface area contributed by atoms with Gasteiger partial charge in [-0.05, 0) is 29.8 Å². The number of ether oxygens (including phenoxy) is 1. The second kappa shape index (κ2) is 7.26. The minimum atomic E-state index is -0.242. The first-order chi connectivity index (χ1) is 12.3. The fraction of sp³-hybridized carbons (Fsp3) is 0.278. The number of fused-ring (bicyclic) bond motifs is 1. The number of hydrogen-bond acceptors (Lipinski definition) is 6. The average molecular weight is 354 g/mol. The van der Waals surface area contributed by atoms with Gasteiger partial charge in [-0.3, -0.25) is 20.0 Å². The van der Waals surface area contributed by atoms with Crippen LogP contribution < -0.4 is 5.32 Å². The van der Waals surface area contributed by atoms with Crippen molar-refractivity contribution in [3.8, 4) is 0 Å². The van der Waals surface area contributed by atoms with E-state index in [1.54, 1.807) is 24.4 Å². The third-order valence-corrected chi connectivity index (χ3v) is 5.01. The fourth-order valence-electron chi connectivity index (χ4n) is 2.80. The van der Waals surface area contributed by atoms with E-state index in [9.17, 15) is 4.79 Å². The molecule has 0 spiro atoms. The van der Waals surface area contributed by atoms with Gasteiger partial charge in [-0.1, -0.05) is 23.5 Å². The van der Waals surface area contributed by atoms with Crippen molar-refractivity contribution in [1.29, 1.82) is 0 Å². The highest BCUT2D eigenvalue weighted by atomic mass is 32.1. The predicted octanol–water partition coefficient (Wildman–Crippen LogP) is 2.78. The molecule has 1 fully saturated rings. The predicted molar refractivity (Wildman–Crippen MR) is 97.9 cm³/mol. The second-order valence-electron chi connectivity index (χ2n) is 5.88. The second-order valence-corrected chi connectivity index (χ2v) is 6.91. The van der Waals surface area contributed by atoms with Crippen LogP contribution in [0, 0.1) is 0 Å². The molecular formula is C18H18N4O2S. The molecule has 1 aliphatic rings. The quantitative estimate of drug-likeness (QED) is 0.780. The summed E-state index contributed by atoms with van der Waals surface area (Å²) in [6, 6.07) is 11.5. The standard InChI is InChI=1S/C18H18N4O2S/c23-17(15-3-1-2-6-19-15)21-18-20-14-5-4-13(11-16(14)25-18)12-22-7-9-24-10-8-22/h1-6,11H,7-10,12H2,(H,20,21,23). The molecule has 6 nitrogen and oxygen atoms in total. The zero-order valence-electron chi connectivity index (χ0n) is 13.6. The van der Waals surface area contributed by atoms with Crippen molar-refractivity contribution in [2.24, 2.45) is 0 Å². The summed E-state index contributed by atoms with van der Waals surface area (Å²) in [4.78, 5) is 23.1. The fourth-order valence-corrected chi connectivity index (χ4v) is 3.72. The molecule has 0 atom stereocenters. The largest absolute Gasteiger partial charge is 0.379 e. The van der Waals surface area contributed by atoms with Crippen LogP contribution in [0.15, 0.2) is 42.6 Å². The summed E-state index contributed by atoms with van der Waals surface area (Å²) in [7, 11) is 0. The molecule has 25 heavy (non-hydrogen) atoms. The first-order valence-corrected chi connectivity index (χ1v) is 9.01. The highest BCUT2D eigenvalue weighted by Crippen LogP contribution is 2.27. The zero-order valence-corrected chi connectivity index (χ0v) is 14.5. The van der Waals surface area contributed by atoms with Gasteiger partial charge in [-0.2, -0.15) is 0 Å². The van der Waals surface area contributed by atoms with E-state index in [0.29, 0.717) is 10.8 Å². The topological polar surface area (TPSA) is 67.4 Å². The third kappa shape index (κ3) is 3.84. The molecule has 1 amide bonds. The summed E-state index contributed by atoms with van der Waals surface area (Å²) in [5.41, 5.74) is 2.53. The average Bonchev–Trinajstić information content (AvgIpc) is 3.05. The van der Waals surface area contributed by atoms with Crippen LogP contribution in [-0.2, 0) is 11.3 Å². The van der Waals surface area contributed by atoms with Crippen molar-refractivity contribution in [2.75, 3.05) is 31.6 Å². The Morgan fingerprint density at radius 1 is 1.24 bits per heavy atom. The number of benzene rings is 1. The first kappa shape index (κ1) is 16.1. The molecule has 3 aromatic rings. The Labute approximate surface area is 149 Å². The highest BCUT2D eigenvalue weighted by molar-refractivity contribution is 7.22. The van der Waals surface area contributed by atoms with Gasteiger partial charge in [0.05, 0.1) is 23.4 Å². The Morgan fingerprint density at radius 2 is 2.12 bits per heavy atom. The Hall–Kier alpha value is -2.35. The summed E-state index contributed by atoms with van der Waals surface area (Å²) < 4.78 is 6.46. The molecule has 128 valence electrons. The molecule has 1 aliphatic heterocycles. The smallest absolute Gasteiger partial charge is 0.276 e. The van der Waals surface area contributed by atoms with Crippen molar-refractivity contribution in [2.45, 2.75) is 6.54 Å². The number of thiazole rings is 1. The van der Waals surface area contributed by atoms with Crippen molar-refractivity contribution < 1.29 is 9.53 Å². The van der Waals surface area contributed by atoms with Crippen LogP contribution in [0.2, 0.25) is 0 Å². The molecule has 0 unspecified atom stereocenters. The Morgan fingerprint density at radius 3 is 2.92 bits per heavy atom. The number of nitrogens with one attached hydrogen (secondary N) is 1. The monoisotopic (exact) mass is 354 g/mol. The number of carbonyl (C=O) groups excluding carboxylic acids is 1. The number of hydrogen-bond donors (Lipinski definition) is 1. The molecular weight excluding hydrogens is 336 g/mol. The van der Waals surface area contributed by atoms with E-state index in [1.165, 1.54) is 16.9 Å². The van der Waals surface area contributed by atoms with E-state index in [2.05, 4.69) is 32.3 Å². The maximum absolute atomic E-state index is 12.2. The van der Waals surface area contributed by atoms with Gasteiger partial charge in [0.25, 0.3) is 5.91 Å². The zero-order chi connectivity index (χ0) is 17.1. The van der Waals surface area contributed by atoms with E-state index in [-0.39, 0.29) is 5.91 Å². The van der Waals surface area contributed by atoms with Crippen LogP contribution in [0.3, 0.4) is 0 Å². The highest BCUT2D eigenvalue weighted by Gasteiger charge is 2.13. The van der Waals surface area contributed by atoms with Gasteiger partial charge < -0.3 is 4.74 Å². The van der Waals surface area contributed by atoms with E-state index in [0.717, 1.165) is 43.1 Å². The normalized spacial score (nSPS) is 15.4. The number of aromatic nitrogens is 2. The molecule has 0 aliphatic carbocycles. The lowest BCUT2D eigenvalue weighted by Crippen LogP contribution is -2.35. The van der Waals surface area contributed by atoms with Crippen LogP contribution in [-0.4, -0.2) is 47.1 Å². The van der Waals surface area contributed by atoms with Crippen LogP contribution in [0.5, 0.6) is 0 Å². The maximum Gasteiger partial charge on any atom is 0.276 e. The van der Waals surface area contributed by atoms with Gasteiger partial charge in [0.1, 0.15) is 5.69 Å². The van der Waals surface area contributed by atoms with Gasteiger partial charge in [0.15, 0.2) is 5.13 Å². The van der Waals surface area contributed by atoms with Crippen LogP contribution in [0.25, 0.3) is 10.2 Å².